The van der Waals surface area contributed by atoms with Gasteiger partial charge in [-0.25, -0.2) is 18.0 Å². The van der Waals surface area contributed by atoms with Gasteiger partial charge in [-0.05, 0) is 36.8 Å². The largest absolute Gasteiger partial charge is 0.390 e. The summed E-state index contributed by atoms with van der Waals surface area (Å²) >= 11 is 0. The molecule has 8 heteroatoms. The Hall–Kier alpha value is -3.81. The maximum atomic E-state index is 14.3. The van der Waals surface area contributed by atoms with Crippen LogP contribution in [0.2, 0.25) is 0 Å². The molecule has 170 valence electrons. The van der Waals surface area contributed by atoms with E-state index in [1.54, 1.807) is 6.07 Å². The van der Waals surface area contributed by atoms with Crippen molar-refractivity contribution in [3.05, 3.63) is 101 Å². The minimum Gasteiger partial charge on any atom is -0.390 e. The summed E-state index contributed by atoms with van der Waals surface area (Å²) in [5, 5.41) is 6.76. The number of hydrogen-bond acceptors (Lipinski definition) is 3. The Morgan fingerprint density at radius 3 is 2.55 bits per heavy atom. The van der Waals surface area contributed by atoms with Gasteiger partial charge in [-0.3, -0.25) is 0 Å². The molecule has 1 unspecified atom stereocenters. The van der Waals surface area contributed by atoms with Crippen molar-refractivity contribution >= 4 is 17.4 Å². The molecule has 5 nitrogen and oxygen atoms in total. The molecule has 3 aromatic carbocycles. The lowest BCUT2D eigenvalue weighted by Gasteiger charge is -2.25. The van der Waals surface area contributed by atoms with E-state index in [-0.39, 0.29) is 24.3 Å². The van der Waals surface area contributed by atoms with Crippen LogP contribution in [0.3, 0.4) is 0 Å². The lowest BCUT2D eigenvalue weighted by Crippen LogP contribution is -2.40. The van der Waals surface area contributed by atoms with Crippen LogP contribution in [0.25, 0.3) is 0 Å². The van der Waals surface area contributed by atoms with Gasteiger partial charge in [-0.15, -0.1) is 0 Å². The molecule has 0 spiro atoms. The maximum absolute atomic E-state index is 14.3. The highest BCUT2D eigenvalue weighted by Crippen LogP contribution is 2.21. The van der Waals surface area contributed by atoms with Crippen molar-refractivity contribution < 1.29 is 22.8 Å². The van der Waals surface area contributed by atoms with Crippen LogP contribution < -0.4 is 5.32 Å². The van der Waals surface area contributed by atoms with Gasteiger partial charge < -0.3 is 15.1 Å². The fourth-order valence-electron chi connectivity index (χ4n) is 3.53. The number of urea groups is 1. The van der Waals surface area contributed by atoms with Crippen molar-refractivity contribution in [2.75, 3.05) is 11.9 Å². The van der Waals surface area contributed by atoms with Crippen molar-refractivity contribution in [1.82, 2.24) is 4.90 Å². The van der Waals surface area contributed by atoms with Crippen molar-refractivity contribution in [3.8, 4) is 0 Å². The van der Waals surface area contributed by atoms with Gasteiger partial charge in [0, 0.05) is 23.7 Å². The minimum absolute atomic E-state index is 0.0941. The number of carbonyl (C=O) groups excluding carboxylic acids is 1. The normalized spacial score (nSPS) is 15.0. The van der Waals surface area contributed by atoms with Crippen LogP contribution in [0.15, 0.2) is 71.9 Å². The Morgan fingerprint density at radius 1 is 1.06 bits per heavy atom. The van der Waals surface area contributed by atoms with Gasteiger partial charge in [0.15, 0.2) is 6.10 Å². The number of amides is 2. The van der Waals surface area contributed by atoms with Gasteiger partial charge in [-0.1, -0.05) is 47.1 Å². The van der Waals surface area contributed by atoms with Gasteiger partial charge in [-0.2, -0.15) is 0 Å². The SMILES string of the molecule is Cc1ccc(C2=NOC(CN(Cc3ccc(F)cc3F)C(=O)Nc3cccc(F)c3)C2)cc1. The lowest BCUT2D eigenvalue weighted by molar-refractivity contribution is 0.0606. The summed E-state index contributed by atoms with van der Waals surface area (Å²) in [6.45, 7) is 1.95. The summed E-state index contributed by atoms with van der Waals surface area (Å²) in [4.78, 5) is 19.9. The van der Waals surface area contributed by atoms with Gasteiger partial charge >= 0.3 is 6.03 Å². The number of benzene rings is 3. The third-order valence-electron chi connectivity index (χ3n) is 5.28. The van der Waals surface area contributed by atoms with E-state index in [9.17, 15) is 18.0 Å². The number of hydrogen-bond donors (Lipinski definition) is 1. The summed E-state index contributed by atoms with van der Waals surface area (Å²) in [6, 6.07) is 15.9. The average Bonchev–Trinajstić information content (AvgIpc) is 3.24. The maximum Gasteiger partial charge on any atom is 0.322 e. The molecule has 3 aromatic rings. The van der Waals surface area contributed by atoms with Crippen LogP contribution in [0, 0.1) is 24.4 Å². The molecule has 0 radical (unpaired) electrons. The monoisotopic (exact) mass is 453 g/mol. The van der Waals surface area contributed by atoms with E-state index >= 15 is 0 Å². The second-order valence-corrected chi connectivity index (χ2v) is 7.89. The molecule has 0 aromatic heterocycles. The molecule has 0 saturated carbocycles. The van der Waals surface area contributed by atoms with Gasteiger partial charge in [0.1, 0.15) is 17.5 Å². The number of halogens is 3. The quantitative estimate of drug-likeness (QED) is 0.525. The fourth-order valence-corrected chi connectivity index (χ4v) is 3.53. The Kier molecular flexibility index (Phi) is 6.63. The van der Waals surface area contributed by atoms with Crippen molar-refractivity contribution in [2.45, 2.75) is 26.0 Å². The number of rotatable bonds is 6. The molecule has 1 aliphatic rings. The Morgan fingerprint density at radius 2 is 1.82 bits per heavy atom. The second kappa shape index (κ2) is 9.77. The van der Waals surface area contributed by atoms with Crippen molar-refractivity contribution in [2.24, 2.45) is 5.16 Å². The highest BCUT2D eigenvalue weighted by molar-refractivity contribution is 6.01. The van der Waals surface area contributed by atoms with Gasteiger partial charge in [0.25, 0.3) is 0 Å². The van der Waals surface area contributed by atoms with Crippen LogP contribution in [-0.4, -0.2) is 29.3 Å². The van der Waals surface area contributed by atoms with E-state index in [0.29, 0.717) is 6.42 Å². The van der Waals surface area contributed by atoms with Crippen LogP contribution in [-0.2, 0) is 11.4 Å². The summed E-state index contributed by atoms with van der Waals surface area (Å²) in [6.07, 6.45) is 0.00156. The molecule has 0 bridgehead atoms. The topological polar surface area (TPSA) is 53.9 Å². The summed E-state index contributed by atoms with van der Waals surface area (Å²) in [5.41, 5.74) is 3.19. The standard InChI is InChI=1S/C25H22F3N3O2/c1-16-5-7-17(8-6-16)24-13-22(33-30-24)15-31(14-18-9-10-20(27)12-23(18)28)25(32)29-21-4-2-3-19(26)11-21/h2-12,22H,13-15H2,1H3,(H,29,32). The molecule has 1 aliphatic heterocycles. The molecule has 1 heterocycles. The third kappa shape index (κ3) is 5.71. The lowest BCUT2D eigenvalue weighted by atomic mass is 10.0. The number of oxime groups is 1. The first-order chi connectivity index (χ1) is 15.9. The second-order valence-electron chi connectivity index (χ2n) is 7.89. The molecule has 33 heavy (non-hydrogen) atoms. The van der Waals surface area contributed by atoms with Crippen LogP contribution >= 0.6 is 0 Å². The number of carbonyl (C=O) groups is 1. The van der Waals surface area contributed by atoms with E-state index in [0.717, 1.165) is 29.0 Å². The fraction of sp³-hybridized carbons (Fsp3) is 0.200. The zero-order valence-electron chi connectivity index (χ0n) is 17.9. The Labute approximate surface area is 189 Å². The van der Waals surface area contributed by atoms with E-state index in [1.165, 1.54) is 29.2 Å². The Bertz CT molecular complexity index is 1180. The predicted molar refractivity (Wildman–Crippen MR) is 119 cm³/mol. The molecular weight excluding hydrogens is 431 g/mol. The smallest absolute Gasteiger partial charge is 0.322 e. The first-order valence-electron chi connectivity index (χ1n) is 10.4. The molecule has 1 N–H and O–H groups in total. The summed E-state index contributed by atoms with van der Waals surface area (Å²) in [5.74, 6) is -1.97. The van der Waals surface area contributed by atoms with Crippen molar-refractivity contribution in [1.29, 1.82) is 0 Å². The molecule has 1 atom stereocenters. The van der Waals surface area contributed by atoms with Gasteiger partial charge in [0.2, 0.25) is 0 Å². The van der Waals surface area contributed by atoms with E-state index in [2.05, 4.69) is 10.5 Å². The zero-order chi connectivity index (χ0) is 23.4. The summed E-state index contributed by atoms with van der Waals surface area (Å²) in [7, 11) is 0. The number of nitrogens with one attached hydrogen (secondary N) is 1. The number of anilines is 1. The van der Waals surface area contributed by atoms with E-state index in [4.69, 9.17) is 4.84 Å². The Balaban J connectivity index is 1.49. The van der Waals surface area contributed by atoms with Gasteiger partial charge in [0.05, 0.1) is 18.8 Å². The number of nitrogens with zero attached hydrogens (tertiary/aromatic N) is 2. The molecule has 4 rings (SSSR count). The van der Waals surface area contributed by atoms with Crippen LogP contribution in [0.5, 0.6) is 0 Å². The van der Waals surface area contributed by atoms with Crippen LogP contribution in [0.4, 0.5) is 23.7 Å². The molecular formula is C25H22F3N3O2. The highest BCUT2D eigenvalue weighted by atomic mass is 19.1. The predicted octanol–water partition coefficient (Wildman–Crippen LogP) is 5.64. The van der Waals surface area contributed by atoms with Crippen LogP contribution in [0.1, 0.15) is 23.1 Å². The third-order valence-corrected chi connectivity index (χ3v) is 5.28. The summed E-state index contributed by atoms with van der Waals surface area (Å²) < 4.78 is 41.1. The first kappa shape index (κ1) is 22.4. The number of aryl methyl sites for hydroxylation is 1. The minimum atomic E-state index is -0.762. The molecule has 0 fully saturated rings. The first-order valence-corrected chi connectivity index (χ1v) is 10.4. The average molecular weight is 453 g/mol. The molecule has 0 aliphatic carbocycles. The van der Waals surface area contributed by atoms with Crippen molar-refractivity contribution in [3.63, 3.8) is 0 Å². The zero-order valence-corrected chi connectivity index (χ0v) is 17.9. The van der Waals surface area contributed by atoms with E-state index < -0.39 is 29.6 Å². The highest BCUT2D eigenvalue weighted by Gasteiger charge is 2.27. The molecule has 0 saturated heterocycles. The molecule has 2 amide bonds. The van der Waals surface area contributed by atoms with E-state index in [1.807, 2.05) is 31.2 Å².